The molecule has 0 saturated heterocycles. The van der Waals surface area contributed by atoms with Crippen LogP contribution in [0.25, 0.3) is 0 Å². The van der Waals surface area contributed by atoms with Crippen LogP contribution in [-0.4, -0.2) is 15.6 Å². The Labute approximate surface area is 77.2 Å². The van der Waals surface area contributed by atoms with E-state index in [0.717, 1.165) is 5.69 Å². The van der Waals surface area contributed by atoms with Gasteiger partial charge in [0.1, 0.15) is 6.04 Å². The van der Waals surface area contributed by atoms with Crippen molar-refractivity contribution in [2.75, 3.05) is 0 Å². The predicted molar refractivity (Wildman–Crippen MR) is 47.7 cm³/mol. The summed E-state index contributed by atoms with van der Waals surface area (Å²) in [5.74, 6) is 0. The van der Waals surface area contributed by atoms with Crippen LogP contribution in [0.1, 0.15) is 24.6 Å². The van der Waals surface area contributed by atoms with Gasteiger partial charge in [0.05, 0.1) is 18.1 Å². The first kappa shape index (κ1) is 8.27. The molecule has 2 rings (SSSR count). The minimum atomic E-state index is -0.242. The summed E-state index contributed by atoms with van der Waals surface area (Å²) in [4.78, 5) is 4.15. The summed E-state index contributed by atoms with van der Waals surface area (Å²) in [6, 6.07) is 2.51. The SMILES string of the molecule is Cn1cnc(C(C#N)NC2CC2)c1. The summed E-state index contributed by atoms with van der Waals surface area (Å²) in [5.41, 5.74) is 0.817. The maximum absolute atomic E-state index is 8.90. The van der Waals surface area contributed by atoms with Crippen molar-refractivity contribution >= 4 is 0 Å². The summed E-state index contributed by atoms with van der Waals surface area (Å²) >= 11 is 0. The third-order valence-electron chi connectivity index (χ3n) is 2.13. The molecule has 1 aromatic rings. The van der Waals surface area contributed by atoms with Gasteiger partial charge >= 0.3 is 0 Å². The summed E-state index contributed by atoms with van der Waals surface area (Å²) in [7, 11) is 1.90. The zero-order valence-electron chi connectivity index (χ0n) is 7.57. The summed E-state index contributed by atoms with van der Waals surface area (Å²) in [6.45, 7) is 0. The molecule has 0 bridgehead atoms. The lowest BCUT2D eigenvalue weighted by Gasteiger charge is -2.06. The van der Waals surface area contributed by atoms with Crippen molar-refractivity contribution in [1.82, 2.24) is 14.9 Å². The molecule has 0 aliphatic heterocycles. The number of hydrogen-bond donors (Lipinski definition) is 1. The van der Waals surface area contributed by atoms with Crippen LogP contribution in [0.2, 0.25) is 0 Å². The van der Waals surface area contributed by atoms with E-state index < -0.39 is 0 Å². The van der Waals surface area contributed by atoms with Crippen molar-refractivity contribution in [3.8, 4) is 6.07 Å². The molecule has 0 amide bonds. The fourth-order valence-electron chi connectivity index (χ4n) is 1.26. The highest BCUT2D eigenvalue weighted by atomic mass is 15.1. The lowest BCUT2D eigenvalue weighted by molar-refractivity contribution is 0.614. The Bertz CT molecular complexity index is 332. The molecule has 68 valence electrons. The molecule has 1 N–H and O–H groups in total. The third kappa shape index (κ3) is 1.87. The predicted octanol–water partition coefficient (Wildman–Crippen LogP) is 0.737. The molecular formula is C9H12N4. The highest BCUT2D eigenvalue weighted by Gasteiger charge is 2.26. The Morgan fingerprint density at radius 2 is 2.54 bits per heavy atom. The van der Waals surface area contributed by atoms with Crippen LogP contribution in [0.3, 0.4) is 0 Å². The second-order valence-electron chi connectivity index (χ2n) is 3.47. The average Bonchev–Trinajstić information content (AvgIpc) is 2.84. The standard InChI is InChI=1S/C9H12N4/c1-13-5-9(11-6-13)8(4-10)12-7-2-3-7/h5-8,12H,2-3H2,1H3. The number of nitrogens with zero attached hydrogens (tertiary/aromatic N) is 3. The molecule has 1 aliphatic carbocycles. The van der Waals surface area contributed by atoms with Crippen LogP contribution < -0.4 is 5.32 Å². The van der Waals surface area contributed by atoms with E-state index in [4.69, 9.17) is 5.26 Å². The van der Waals surface area contributed by atoms with Crippen LogP contribution in [0.4, 0.5) is 0 Å². The first-order chi connectivity index (χ1) is 6.29. The summed E-state index contributed by atoms with van der Waals surface area (Å²) < 4.78 is 1.86. The maximum atomic E-state index is 8.90. The Hall–Kier alpha value is -1.34. The largest absolute Gasteiger partial charge is 0.340 e. The maximum Gasteiger partial charge on any atom is 0.140 e. The number of aryl methyl sites for hydroxylation is 1. The quantitative estimate of drug-likeness (QED) is 0.739. The molecule has 13 heavy (non-hydrogen) atoms. The molecule has 1 fully saturated rings. The van der Waals surface area contributed by atoms with Crippen molar-refractivity contribution in [3.05, 3.63) is 18.2 Å². The van der Waals surface area contributed by atoms with Crippen LogP contribution >= 0.6 is 0 Å². The van der Waals surface area contributed by atoms with Crippen molar-refractivity contribution in [3.63, 3.8) is 0 Å². The Balaban J connectivity index is 2.07. The van der Waals surface area contributed by atoms with Gasteiger partial charge in [-0.25, -0.2) is 4.98 Å². The molecule has 1 saturated carbocycles. The Morgan fingerprint density at radius 3 is 3.00 bits per heavy atom. The van der Waals surface area contributed by atoms with Gasteiger partial charge in [-0.3, -0.25) is 5.32 Å². The van der Waals surface area contributed by atoms with E-state index >= 15 is 0 Å². The number of hydrogen-bond acceptors (Lipinski definition) is 3. The number of nitriles is 1. The van der Waals surface area contributed by atoms with Crippen molar-refractivity contribution in [1.29, 1.82) is 5.26 Å². The molecule has 0 spiro atoms. The fourth-order valence-corrected chi connectivity index (χ4v) is 1.26. The molecule has 4 nitrogen and oxygen atoms in total. The third-order valence-corrected chi connectivity index (χ3v) is 2.13. The van der Waals surface area contributed by atoms with E-state index in [1.807, 2.05) is 17.8 Å². The highest BCUT2D eigenvalue weighted by Crippen LogP contribution is 2.23. The highest BCUT2D eigenvalue weighted by molar-refractivity contribution is 5.13. The first-order valence-corrected chi connectivity index (χ1v) is 4.43. The summed E-state index contributed by atoms with van der Waals surface area (Å²) in [6.07, 6.45) is 5.97. The smallest absolute Gasteiger partial charge is 0.140 e. The van der Waals surface area contributed by atoms with E-state index in [-0.39, 0.29) is 6.04 Å². The summed E-state index contributed by atoms with van der Waals surface area (Å²) in [5, 5.41) is 12.1. The molecule has 1 unspecified atom stereocenters. The second kappa shape index (κ2) is 3.19. The van der Waals surface area contributed by atoms with Crippen LogP contribution in [0.15, 0.2) is 12.5 Å². The van der Waals surface area contributed by atoms with Gasteiger partial charge in [0.15, 0.2) is 0 Å². The fraction of sp³-hybridized carbons (Fsp3) is 0.556. The molecule has 4 heteroatoms. The van der Waals surface area contributed by atoms with Gasteiger partial charge in [0.25, 0.3) is 0 Å². The van der Waals surface area contributed by atoms with Crippen LogP contribution in [0.5, 0.6) is 0 Å². The zero-order valence-corrected chi connectivity index (χ0v) is 7.57. The van der Waals surface area contributed by atoms with Crippen LogP contribution in [0, 0.1) is 11.3 Å². The Morgan fingerprint density at radius 1 is 1.77 bits per heavy atom. The van der Waals surface area contributed by atoms with Gasteiger partial charge in [-0.15, -0.1) is 0 Å². The number of rotatable bonds is 3. The lowest BCUT2D eigenvalue weighted by atomic mass is 10.2. The monoisotopic (exact) mass is 176 g/mol. The van der Waals surface area contributed by atoms with Gasteiger partial charge in [0.2, 0.25) is 0 Å². The zero-order chi connectivity index (χ0) is 9.26. The van der Waals surface area contributed by atoms with Gasteiger partial charge in [0, 0.05) is 19.3 Å². The minimum absolute atomic E-state index is 0.242. The molecular weight excluding hydrogens is 164 g/mol. The van der Waals surface area contributed by atoms with Gasteiger partial charge in [-0.1, -0.05) is 0 Å². The Kier molecular flexibility index (Phi) is 2.03. The normalized spacial score (nSPS) is 18.2. The van der Waals surface area contributed by atoms with Crippen molar-refractivity contribution in [2.45, 2.75) is 24.9 Å². The van der Waals surface area contributed by atoms with Crippen LogP contribution in [-0.2, 0) is 7.05 Å². The molecule has 1 heterocycles. The number of nitrogens with one attached hydrogen (secondary N) is 1. The first-order valence-electron chi connectivity index (χ1n) is 4.43. The topological polar surface area (TPSA) is 53.6 Å². The lowest BCUT2D eigenvalue weighted by Crippen LogP contribution is -2.22. The van der Waals surface area contributed by atoms with Gasteiger partial charge in [-0.2, -0.15) is 5.26 Å². The number of imidazole rings is 1. The molecule has 1 aromatic heterocycles. The van der Waals surface area contributed by atoms with Gasteiger partial charge in [-0.05, 0) is 12.8 Å². The van der Waals surface area contributed by atoms with E-state index in [9.17, 15) is 0 Å². The van der Waals surface area contributed by atoms with E-state index in [1.54, 1.807) is 6.33 Å². The van der Waals surface area contributed by atoms with E-state index in [0.29, 0.717) is 6.04 Å². The minimum Gasteiger partial charge on any atom is -0.340 e. The number of aromatic nitrogens is 2. The van der Waals surface area contributed by atoms with Crippen molar-refractivity contribution < 1.29 is 0 Å². The molecule has 0 radical (unpaired) electrons. The van der Waals surface area contributed by atoms with Gasteiger partial charge < -0.3 is 4.57 Å². The van der Waals surface area contributed by atoms with E-state index in [1.165, 1.54) is 12.8 Å². The molecule has 0 aromatic carbocycles. The van der Waals surface area contributed by atoms with E-state index in [2.05, 4.69) is 16.4 Å². The second-order valence-corrected chi connectivity index (χ2v) is 3.47. The molecule has 1 aliphatic rings. The van der Waals surface area contributed by atoms with Crippen molar-refractivity contribution in [2.24, 2.45) is 7.05 Å². The average molecular weight is 176 g/mol. The molecule has 1 atom stereocenters.